The summed E-state index contributed by atoms with van der Waals surface area (Å²) in [6, 6.07) is 10.2. The standard InChI is InChI=1S/C26H24FN5O5/c1-14(33)20-17-8-5-9-29-21(17)31(30-20)12-19(34)32-18(22(35)36)10-16-11-26(16,32)24(23(28)37)13-25(24,27)15-6-3-2-4-7-15/h2-9,16,18H,10-13H2,1H3,(H2,28,37)(H,35,36)/t16-,18-,24-,25-,26-/m0/s1. The van der Waals surface area contributed by atoms with Gasteiger partial charge in [-0.15, -0.1) is 0 Å². The first-order valence-electron chi connectivity index (χ1n) is 12.0. The summed E-state index contributed by atoms with van der Waals surface area (Å²) in [4.78, 5) is 56.6. The molecule has 3 aliphatic rings. The molecule has 5 atom stereocenters. The van der Waals surface area contributed by atoms with E-state index in [2.05, 4.69) is 10.1 Å². The third-order valence-corrected chi connectivity index (χ3v) is 8.45. The van der Waals surface area contributed by atoms with Crippen molar-refractivity contribution in [1.29, 1.82) is 0 Å². The number of piperidine rings is 1. The van der Waals surface area contributed by atoms with Crippen LogP contribution in [-0.4, -0.2) is 59.9 Å². The van der Waals surface area contributed by atoms with E-state index in [4.69, 9.17) is 5.73 Å². The molecule has 0 radical (unpaired) electrons. The van der Waals surface area contributed by atoms with Crippen molar-refractivity contribution in [1.82, 2.24) is 19.7 Å². The number of carbonyl (C=O) groups is 4. The highest BCUT2D eigenvalue weighted by molar-refractivity contribution is 6.04. The van der Waals surface area contributed by atoms with E-state index in [0.717, 1.165) is 0 Å². The lowest BCUT2D eigenvalue weighted by Gasteiger charge is -2.38. The SMILES string of the molecule is CC(=O)c1nn(CC(=O)N2[C@H](C(=O)O)C[C@H]3C[C@@]32[C@]2(C(N)=O)C[C@]2(F)c2ccccc2)c2ncccc12. The summed E-state index contributed by atoms with van der Waals surface area (Å²) in [5.41, 5.74) is 1.32. The van der Waals surface area contributed by atoms with Crippen LogP contribution >= 0.6 is 0 Å². The van der Waals surface area contributed by atoms with Crippen molar-refractivity contribution in [2.75, 3.05) is 0 Å². The van der Waals surface area contributed by atoms with Gasteiger partial charge in [-0.3, -0.25) is 14.4 Å². The van der Waals surface area contributed by atoms with Crippen LogP contribution in [0.3, 0.4) is 0 Å². The maximum absolute atomic E-state index is 16.6. The first-order chi connectivity index (χ1) is 17.6. The van der Waals surface area contributed by atoms with Gasteiger partial charge in [-0.05, 0) is 36.5 Å². The van der Waals surface area contributed by atoms with Gasteiger partial charge in [0.1, 0.15) is 23.7 Å². The Bertz CT molecular complexity index is 1510. The number of amides is 2. The van der Waals surface area contributed by atoms with Gasteiger partial charge in [0.25, 0.3) is 0 Å². The number of Topliss-reactive ketones (excluding diaryl/α,β-unsaturated/α-hetero) is 1. The zero-order valence-corrected chi connectivity index (χ0v) is 19.9. The fourth-order valence-corrected chi connectivity index (χ4v) is 6.83. The van der Waals surface area contributed by atoms with Crippen LogP contribution in [0.1, 0.15) is 42.2 Å². The molecule has 0 bridgehead atoms. The van der Waals surface area contributed by atoms with Crippen molar-refractivity contribution in [3.05, 3.63) is 59.9 Å². The number of fused-ring (bicyclic) bond motifs is 2. The Morgan fingerprint density at radius 3 is 2.54 bits per heavy atom. The van der Waals surface area contributed by atoms with E-state index in [0.29, 0.717) is 5.39 Å². The smallest absolute Gasteiger partial charge is 0.326 e. The van der Waals surface area contributed by atoms with Gasteiger partial charge in [-0.2, -0.15) is 5.10 Å². The molecular weight excluding hydrogens is 481 g/mol. The lowest BCUT2D eigenvalue weighted by Crippen LogP contribution is -2.57. The summed E-state index contributed by atoms with van der Waals surface area (Å²) in [5.74, 6) is -3.48. The fourth-order valence-electron chi connectivity index (χ4n) is 6.83. The molecule has 3 fully saturated rings. The number of primary amides is 1. The third kappa shape index (κ3) is 2.85. The number of likely N-dealkylation sites (tertiary alicyclic amines) is 1. The Hall–Kier alpha value is -4.15. The number of rotatable bonds is 7. The molecule has 1 aromatic carbocycles. The largest absolute Gasteiger partial charge is 0.480 e. The molecule has 3 N–H and O–H groups in total. The summed E-state index contributed by atoms with van der Waals surface area (Å²) in [6.07, 6.45) is 1.64. The molecule has 10 nitrogen and oxygen atoms in total. The minimum atomic E-state index is -2.12. The Morgan fingerprint density at radius 1 is 1.16 bits per heavy atom. The molecule has 0 spiro atoms. The van der Waals surface area contributed by atoms with Gasteiger partial charge in [0, 0.05) is 19.5 Å². The molecule has 0 unspecified atom stereocenters. The first kappa shape index (κ1) is 23.3. The lowest BCUT2D eigenvalue weighted by atomic mass is 9.84. The average molecular weight is 506 g/mol. The highest BCUT2D eigenvalue weighted by Crippen LogP contribution is 2.81. The molecular formula is C26H24FN5O5. The van der Waals surface area contributed by atoms with Crippen LogP contribution in [0.15, 0.2) is 48.7 Å². The predicted molar refractivity (Wildman–Crippen MR) is 127 cm³/mol. The van der Waals surface area contributed by atoms with E-state index in [1.807, 2.05) is 0 Å². The predicted octanol–water partition coefficient (Wildman–Crippen LogP) is 1.82. The molecule has 1 aliphatic heterocycles. The number of aromatic nitrogens is 3. The van der Waals surface area contributed by atoms with Crippen molar-refractivity contribution in [3.8, 4) is 0 Å². The monoisotopic (exact) mass is 505 g/mol. The molecule has 37 heavy (non-hydrogen) atoms. The van der Waals surface area contributed by atoms with Crippen LogP contribution < -0.4 is 5.73 Å². The molecule has 2 amide bonds. The van der Waals surface area contributed by atoms with Gasteiger partial charge < -0.3 is 15.7 Å². The molecule has 190 valence electrons. The fraction of sp³-hybridized carbons (Fsp3) is 0.385. The number of hydrogen-bond acceptors (Lipinski definition) is 6. The summed E-state index contributed by atoms with van der Waals surface area (Å²) in [6.45, 7) is 0.915. The molecule has 2 aromatic heterocycles. The van der Waals surface area contributed by atoms with Gasteiger partial charge in [0.2, 0.25) is 11.8 Å². The second-order valence-electron chi connectivity index (χ2n) is 10.2. The van der Waals surface area contributed by atoms with E-state index in [1.165, 1.54) is 22.7 Å². The molecule has 2 aliphatic carbocycles. The van der Waals surface area contributed by atoms with E-state index < -0.39 is 47.0 Å². The van der Waals surface area contributed by atoms with Gasteiger partial charge in [-0.25, -0.2) is 18.9 Å². The number of benzene rings is 1. The second-order valence-corrected chi connectivity index (χ2v) is 10.2. The summed E-state index contributed by atoms with van der Waals surface area (Å²) in [7, 11) is 0. The zero-order chi connectivity index (χ0) is 26.3. The van der Waals surface area contributed by atoms with Gasteiger partial charge in [0.05, 0.1) is 10.9 Å². The Kier molecular flexibility index (Phi) is 4.67. The van der Waals surface area contributed by atoms with Crippen LogP contribution in [0.2, 0.25) is 0 Å². The highest BCUT2D eigenvalue weighted by Gasteiger charge is 2.91. The highest BCUT2D eigenvalue weighted by atomic mass is 19.1. The summed E-state index contributed by atoms with van der Waals surface area (Å²) in [5, 5.41) is 14.7. The quantitative estimate of drug-likeness (QED) is 0.465. The number of carboxylic acids is 1. The number of nitrogens with two attached hydrogens (primary N) is 1. The van der Waals surface area contributed by atoms with Crippen molar-refractivity contribution in [2.45, 2.75) is 50.0 Å². The number of carboxylic acid groups (broad SMARTS) is 1. The van der Waals surface area contributed by atoms with Gasteiger partial charge >= 0.3 is 5.97 Å². The summed E-state index contributed by atoms with van der Waals surface area (Å²) >= 11 is 0. The van der Waals surface area contributed by atoms with Crippen LogP contribution in [0, 0.1) is 11.3 Å². The van der Waals surface area contributed by atoms with E-state index in [-0.39, 0.29) is 47.9 Å². The van der Waals surface area contributed by atoms with Crippen molar-refractivity contribution in [3.63, 3.8) is 0 Å². The average Bonchev–Trinajstić information content (AvgIpc) is 3.66. The molecule has 6 rings (SSSR count). The molecule has 1 saturated heterocycles. The van der Waals surface area contributed by atoms with E-state index in [1.54, 1.807) is 42.5 Å². The zero-order valence-electron chi connectivity index (χ0n) is 19.9. The Morgan fingerprint density at radius 2 is 1.89 bits per heavy atom. The lowest BCUT2D eigenvalue weighted by molar-refractivity contribution is -0.155. The second kappa shape index (κ2) is 7.44. The first-order valence-corrected chi connectivity index (χ1v) is 12.0. The number of hydrogen-bond donors (Lipinski definition) is 2. The molecule has 2 saturated carbocycles. The number of aliphatic carboxylic acids is 1. The number of alkyl halides is 1. The van der Waals surface area contributed by atoms with Crippen molar-refractivity contribution in [2.24, 2.45) is 17.1 Å². The minimum Gasteiger partial charge on any atom is -0.480 e. The number of pyridine rings is 1. The Balaban J connectivity index is 1.43. The van der Waals surface area contributed by atoms with Crippen LogP contribution in [0.5, 0.6) is 0 Å². The number of carbonyl (C=O) groups excluding carboxylic acids is 3. The normalized spacial score (nSPS) is 31.7. The molecule has 11 heteroatoms. The molecule has 3 aromatic rings. The minimum absolute atomic E-state index is 0.0950. The Labute approximate surface area is 210 Å². The molecule has 3 heterocycles. The third-order valence-electron chi connectivity index (χ3n) is 8.45. The number of halogens is 1. The summed E-state index contributed by atoms with van der Waals surface area (Å²) < 4.78 is 17.8. The van der Waals surface area contributed by atoms with E-state index >= 15 is 4.39 Å². The van der Waals surface area contributed by atoms with Crippen LogP contribution in [-0.2, 0) is 26.6 Å². The van der Waals surface area contributed by atoms with E-state index in [9.17, 15) is 24.3 Å². The maximum atomic E-state index is 16.6. The topological polar surface area (TPSA) is 148 Å². The van der Waals surface area contributed by atoms with Crippen molar-refractivity contribution >= 4 is 34.6 Å². The van der Waals surface area contributed by atoms with Crippen LogP contribution in [0.25, 0.3) is 11.0 Å². The van der Waals surface area contributed by atoms with Crippen LogP contribution in [0.4, 0.5) is 4.39 Å². The number of nitrogens with zero attached hydrogens (tertiary/aromatic N) is 4. The maximum Gasteiger partial charge on any atom is 0.326 e. The number of ketones is 1. The van der Waals surface area contributed by atoms with Gasteiger partial charge in [-0.1, -0.05) is 30.3 Å². The van der Waals surface area contributed by atoms with Crippen molar-refractivity contribution < 1.29 is 28.7 Å². The van der Waals surface area contributed by atoms with Gasteiger partial charge in [0.15, 0.2) is 17.1 Å².